The van der Waals surface area contributed by atoms with Crippen molar-refractivity contribution in [1.29, 1.82) is 0 Å². The molecule has 84 valence electrons. The number of aromatic nitrogens is 1. The van der Waals surface area contributed by atoms with E-state index in [9.17, 15) is 0 Å². The molecule has 0 spiro atoms. The molecule has 1 aromatic carbocycles. The van der Waals surface area contributed by atoms with Gasteiger partial charge in [-0.25, -0.2) is 0 Å². The molecule has 0 unspecified atom stereocenters. The van der Waals surface area contributed by atoms with Crippen molar-refractivity contribution in [2.24, 2.45) is 0 Å². The summed E-state index contributed by atoms with van der Waals surface area (Å²) in [6.45, 7) is 0. The van der Waals surface area contributed by atoms with Crippen LogP contribution in [0.3, 0.4) is 0 Å². The van der Waals surface area contributed by atoms with Gasteiger partial charge in [0.05, 0.1) is 26.8 Å². The van der Waals surface area contributed by atoms with E-state index >= 15 is 0 Å². The normalized spacial score (nSPS) is 10.4. The van der Waals surface area contributed by atoms with Crippen LogP contribution in [0.2, 0.25) is 10.0 Å². The Hall–Kier alpha value is -1.17. The lowest BCUT2D eigenvalue weighted by Gasteiger charge is -2.07. The molecule has 0 saturated carbocycles. The minimum atomic E-state index is -0.0365. The Bertz CT molecular complexity index is 529. The molecule has 4 N–H and O–H groups in total. The lowest BCUT2D eigenvalue weighted by Crippen LogP contribution is -1.93. The molecule has 0 fully saturated rings. The monoisotopic (exact) mass is 275 g/mol. The number of nitrogens with one attached hydrogen (secondary N) is 1. The van der Waals surface area contributed by atoms with E-state index in [1.165, 1.54) is 16.7 Å². The molecule has 0 aliphatic carbocycles. The van der Waals surface area contributed by atoms with E-state index in [0.717, 1.165) is 0 Å². The third kappa shape index (κ3) is 2.32. The Kier molecular flexibility index (Phi) is 3.09. The van der Waals surface area contributed by atoms with Crippen LogP contribution < -0.4 is 11.1 Å². The number of halogens is 2. The molecule has 0 amide bonds. The third-order valence-electron chi connectivity index (χ3n) is 1.82. The van der Waals surface area contributed by atoms with Crippen molar-refractivity contribution in [3.05, 3.63) is 27.6 Å². The van der Waals surface area contributed by atoms with Crippen LogP contribution in [0.4, 0.5) is 16.5 Å². The first-order chi connectivity index (χ1) is 7.56. The standard InChI is InChI=1S/C9H7Cl2N3OS/c10-4-1-5(11)7(2-6(4)12)13-9-14-8(15)3-16-9/h1-3,15H,12H2,(H,13,14). The van der Waals surface area contributed by atoms with E-state index in [0.29, 0.717) is 26.6 Å². The summed E-state index contributed by atoms with van der Waals surface area (Å²) >= 11 is 13.0. The number of hydrogen-bond acceptors (Lipinski definition) is 5. The minimum absolute atomic E-state index is 0.0365. The highest BCUT2D eigenvalue weighted by Gasteiger charge is 2.07. The van der Waals surface area contributed by atoms with Gasteiger partial charge in [-0.2, -0.15) is 4.98 Å². The summed E-state index contributed by atoms with van der Waals surface area (Å²) in [6.07, 6.45) is 0. The molecular formula is C9H7Cl2N3OS. The number of thiazole rings is 1. The number of nitrogens with two attached hydrogens (primary N) is 1. The first-order valence-corrected chi connectivity index (χ1v) is 5.86. The van der Waals surface area contributed by atoms with Crippen molar-refractivity contribution < 1.29 is 5.11 Å². The molecule has 0 aliphatic rings. The van der Waals surface area contributed by atoms with Crippen molar-refractivity contribution in [2.75, 3.05) is 11.1 Å². The molecule has 2 aromatic rings. The first kappa shape index (κ1) is 11.3. The molecule has 0 aliphatic heterocycles. The van der Waals surface area contributed by atoms with Crippen molar-refractivity contribution in [3.8, 4) is 5.88 Å². The van der Waals surface area contributed by atoms with E-state index in [4.69, 9.17) is 34.0 Å². The summed E-state index contributed by atoms with van der Waals surface area (Å²) in [7, 11) is 0. The lowest BCUT2D eigenvalue weighted by molar-refractivity contribution is 0.458. The van der Waals surface area contributed by atoms with Crippen LogP contribution in [-0.4, -0.2) is 10.1 Å². The number of nitrogens with zero attached hydrogens (tertiary/aromatic N) is 1. The zero-order chi connectivity index (χ0) is 11.7. The zero-order valence-corrected chi connectivity index (χ0v) is 10.2. The Morgan fingerprint density at radius 3 is 2.69 bits per heavy atom. The van der Waals surface area contributed by atoms with Crippen LogP contribution in [0.15, 0.2) is 17.5 Å². The van der Waals surface area contributed by atoms with Crippen LogP contribution in [0, 0.1) is 0 Å². The van der Waals surface area contributed by atoms with Crippen molar-refractivity contribution in [1.82, 2.24) is 4.98 Å². The lowest BCUT2D eigenvalue weighted by atomic mass is 10.3. The van der Waals surface area contributed by atoms with E-state index in [2.05, 4.69) is 10.3 Å². The average molecular weight is 276 g/mol. The number of nitrogen functional groups attached to an aromatic ring is 1. The third-order valence-corrected chi connectivity index (χ3v) is 3.21. The number of aromatic hydroxyl groups is 1. The average Bonchev–Trinajstić information content (AvgIpc) is 2.60. The second-order valence-corrected chi connectivity index (χ2v) is 4.66. The molecule has 0 atom stereocenters. The first-order valence-electron chi connectivity index (χ1n) is 4.22. The summed E-state index contributed by atoms with van der Waals surface area (Å²) < 4.78 is 0. The number of rotatable bonds is 2. The summed E-state index contributed by atoms with van der Waals surface area (Å²) in [5.41, 5.74) is 6.67. The minimum Gasteiger partial charge on any atom is -0.493 e. The maximum absolute atomic E-state index is 9.08. The van der Waals surface area contributed by atoms with Gasteiger partial charge < -0.3 is 16.2 Å². The molecule has 0 bridgehead atoms. The highest BCUT2D eigenvalue weighted by Crippen LogP contribution is 2.33. The largest absolute Gasteiger partial charge is 0.493 e. The van der Waals surface area contributed by atoms with Crippen LogP contribution in [0.5, 0.6) is 5.88 Å². The zero-order valence-electron chi connectivity index (χ0n) is 7.87. The van der Waals surface area contributed by atoms with Crippen LogP contribution in [0.25, 0.3) is 0 Å². The van der Waals surface area contributed by atoms with Gasteiger partial charge in [0.1, 0.15) is 0 Å². The summed E-state index contributed by atoms with van der Waals surface area (Å²) in [4.78, 5) is 3.83. The topological polar surface area (TPSA) is 71.2 Å². The number of hydrogen-bond donors (Lipinski definition) is 3. The summed E-state index contributed by atoms with van der Waals surface area (Å²) in [5.74, 6) is -0.0365. The molecule has 4 nitrogen and oxygen atoms in total. The van der Waals surface area contributed by atoms with Gasteiger partial charge in [-0.1, -0.05) is 23.2 Å². The van der Waals surface area contributed by atoms with Crippen molar-refractivity contribution in [3.63, 3.8) is 0 Å². The molecule has 0 radical (unpaired) electrons. The van der Waals surface area contributed by atoms with Gasteiger partial charge in [0.25, 0.3) is 0 Å². The van der Waals surface area contributed by atoms with Crippen LogP contribution in [-0.2, 0) is 0 Å². The number of anilines is 3. The summed E-state index contributed by atoms with van der Waals surface area (Å²) in [6, 6.07) is 3.16. The molecule has 2 rings (SSSR count). The number of benzene rings is 1. The highest BCUT2D eigenvalue weighted by molar-refractivity contribution is 7.14. The fourth-order valence-electron chi connectivity index (χ4n) is 1.10. The Labute approximate surface area is 106 Å². The fraction of sp³-hybridized carbons (Fsp3) is 0. The van der Waals surface area contributed by atoms with Gasteiger partial charge in [0.15, 0.2) is 5.13 Å². The molecular weight excluding hydrogens is 269 g/mol. The van der Waals surface area contributed by atoms with Gasteiger partial charge in [0, 0.05) is 0 Å². The smallest absolute Gasteiger partial charge is 0.223 e. The SMILES string of the molecule is Nc1cc(Nc2nc(O)cs2)c(Cl)cc1Cl. The van der Waals surface area contributed by atoms with E-state index in [-0.39, 0.29) is 5.88 Å². The fourth-order valence-corrected chi connectivity index (χ4v) is 2.11. The predicted molar refractivity (Wildman–Crippen MR) is 67.9 cm³/mol. The second kappa shape index (κ2) is 4.37. The van der Waals surface area contributed by atoms with Crippen molar-refractivity contribution in [2.45, 2.75) is 0 Å². The Balaban J connectivity index is 2.31. The highest BCUT2D eigenvalue weighted by atomic mass is 35.5. The maximum atomic E-state index is 9.08. The Morgan fingerprint density at radius 1 is 1.31 bits per heavy atom. The molecule has 7 heteroatoms. The van der Waals surface area contributed by atoms with Crippen LogP contribution >= 0.6 is 34.5 Å². The van der Waals surface area contributed by atoms with E-state index in [1.807, 2.05) is 0 Å². The van der Waals surface area contributed by atoms with Gasteiger partial charge in [-0.15, -0.1) is 11.3 Å². The quantitative estimate of drug-likeness (QED) is 0.734. The van der Waals surface area contributed by atoms with Crippen molar-refractivity contribution >= 4 is 51.0 Å². The van der Waals surface area contributed by atoms with E-state index < -0.39 is 0 Å². The Morgan fingerprint density at radius 2 is 2.06 bits per heavy atom. The molecule has 1 heterocycles. The molecule has 16 heavy (non-hydrogen) atoms. The predicted octanol–water partition coefficient (Wildman–Crippen LogP) is 3.48. The van der Waals surface area contributed by atoms with Gasteiger partial charge in [-0.05, 0) is 12.1 Å². The maximum Gasteiger partial charge on any atom is 0.223 e. The van der Waals surface area contributed by atoms with Gasteiger partial charge in [-0.3, -0.25) is 0 Å². The van der Waals surface area contributed by atoms with Gasteiger partial charge in [0.2, 0.25) is 5.88 Å². The van der Waals surface area contributed by atoms with E-state index in [1.54, 1.807) is 12.1 Å². The summed E-state index contributed by atoms with van der Waals surface area (Å²) in [5, 5.41) is 14.9. The van der Waals surface area contributed by atoms with Crippen LogP contribution in [0.1, 0.15) is 0 Å². The van der Waals surface area contributed by atoms with Gasteiger partial charge >= 0.3 is 0 Å². The molecule has 0 saturated heterocycles. The second-order valence-electron chi connectivity index (χ2n) is 2.99. The molecule has 1 aromatic heterocycles.